The largest absolute Gasteiger partial charge is 0.306 e. The quantitative estimate of drug-likeness (QED) is 0.280. The van der Waals surface area contributed by atoms with E-state index in [1.807, 2.05) is 18.5 Å². The molecule has 2 aromatic heterocycles. The van der Waals surface area contributed by atoms with E-state index < -0.39 is 4.92 Å². The van der Waals surface area contributed by atoms with Gasteiger partial charge in [0.1, 0.15) is 5.82 Å². The summed E-state index contributed by atoms with van der Waals surface area (Å²) in [4.78, 5) is 10.4. The van der Waals surface area contributed by atoms with Gasteiger partial charge in [-0.2, -0.15) is 5.10 Å². The third-order valence-electron chi connectivity index (χ3n) is 4.47. The molecule has 0 saturated carbocycles. The summed E-state index contributed by atoms with van der Waals surface area (Å²) in [7, 11) is 0. The van der Waals surface area contributed by atoms with Crippen LogP contribution in [0.2, 0.25) is 0 Å². The van der Waals surface area contributed by atoms with Crippen LogP contribution in [-0.2, 0) is 25.3 Å². The average molecular weight is 465 g/mol. The van der Waals surface area contributed by atoms with Gasteiger partial charge in [0.05, 0.1) is 15.1 Å². The van der Waals surface area contributed by atoms with Crippen molar-refractivity contribution in [2.24, 2.45) is 0 Å². The monoisotopic (exact) mass is 464 g/mol. The number of nitrogens with zero attached hydrogens (tertiary/aromatic N) is 6. The van der Waals surface area contributed by atoms with Gasteiger partial charge in [-0.1, -0.05) is 23.9 Å². The minimum Gasteiger partial charge on any atom is -0.306 e. The van der Waals surface area contributed by atoms with Crippen molar-refractivity contribution in [3.8, 4) is 0 Å². The highest BCUT2D eigenvalue weighted by atomic mass is 79.9. The fraction of sp³-hybridized carbons (Fsp3) is 0.389. The normalized spacial score (nSPS) is 11.1. The summed E-state index contributed by atoms with van der Waals surface area (Å²) in [6.07, 6.45) is 0.743. The van der Waals surface area contributed by atoms with Gasteiger partial charge in [-0.05, 0) is 42.3 Å². The lowest BCUT2D eigenvalue weighted by molar-refractivity contribution is -0.384. The summed E-state index contributed by atoms with van der Waals surface area (Å²) in [5.74, 6) is 1.61. The van der Waals surface area contributed by atoms with Crippen LogP contribution in [0.1, 0.15) is 29.7 Å². The second kappa shape index (κ2) is 8.87. The van der Waals surface area contributed by atoms with Crippen molar-refractivity contribution in [1.82, 2.24) is 24.5 Å². The highest BCUT2D eigenvalue weighted by Gasteiger charge is 2.14. The molecule has 0 saturated heterocycles. The third-order valence-corrected chi connectivity index (χ3v) is 6.65. The Morgan fingerprint density at radius 2 is 1.93 bits per heavy atom. The number of hydrogen-bond acceptors (Lipinski definition) is 6. The highest BCUT2D eigenvalue weighted by molar-refractivity contribution is 9.10. The molecule has 148 valence electrons. The number of aromatic nitrogens is 5. The van der Waals surface area contributed by atoms with E-state index in [9.17, 15) is 10.1 Å². The molecule has 3 rings (SSSR count). The van der Waals surface area contributed by atoms with Gasteiger partial charge in [0.2, 0.25) is 0 Å². The van der Waals surface area contributed by atoms with Crippen LogP contribution >= 0.6 is 27.7 Å². The van der Waals surface area contributed by atoms with Crippen molar-refractivity contribution < 1.29 is 4.92 Å². The summed E-state index contributed by atoms with van der Waals surface area (Å²) in [6.45, 7) is 7.62. The van der Waals surface area contributed by atoms with Crippen LogP contribution in [0.5, 0.6) is 0 Å². The number of nitro groups is 1. The molecule has 0 amide bonds. The first-order valence-electron chi connectivity index (χ1n) is 8.88. The van der Waals surface area contributed by atoms with Crippen molar-refractivity contribution in [1.29, 1.82) is 0 Å². The fourth-order valence-electron chi connectivity index (χ4n) is 2.89. The minimum atomic E-state index is -0.391. The van der Waals surface area contributed by atoms with Crippen molar-refractivity contribution in [3.63, 3.8) is 0 Å². The smallest absolute Gasteiger partial charge is 0.269 e. The Balaban J connectivity index is 1.66. The lowest BCUT2D eigenvalue weighted by Crippen LogP contribution is -2.10. The van der Waals surface area contributed by atoms with Crippen LogP contribution in [0, 0.1) is 24.0 Å². The number of thioether (sulfide) groups is 1. The molecule has 0 fully saturated rings. The molecule has 0 unspecified atom stereocenters. The molecule has 0 N–H and O–H groups in total. The Hall–Kier alpha value is -2.20. The fourth-order valence-corrected chi connectivity index (χ4v) is 4.15. The van der Waals surface area contributed by atoms with Crippen LogP contribution in [0.4, 0.5) is 5.69 Å². The second-order valence-corrected chi connectivity index (χ2v) is 8.05. The van der Waals surface area contributed by atoms with Gasteiger partial charge in [-0.25, -0.2) is 0 Å². The molecule has 2 heterocycles. The lowest BCUT2D eigenvalue weighted by Gasteiger charge is -2.08. The first-order chi connectivity index (χ1) is 13.4. The van der Waals surface area contributed by atoms with E-state index in [0.29, 0.717) is 5.75 Å². The molecule has 0 bridgehead atoms. The first-order valence-corrected chi connectivity index (χ1v) is 10.7. The number of nitro benzene ring substituents is 1. The molecular formula is C18H21BrN6O2S. The maximum atomic E-state index is 10.8. The van der Waals surface area contributed by atoms with E-state index in [-0.39, 0.29) is 5.69 Å². The number of benzene rings is 1. The second-order valence-electron chi connectivity index (χ2n) is 6.31. The van der Waals surface area contributed by atoms with Crippen LogP contribution < -0.4 is 0 Å². The molecular weight excluding hydrogens is 444 g/mol. The van der Waals surface area contributed by atoms with Crippen molar-refractivity contribution >= 4 is 33.4 Å². The van der Waals surface area contributed by atoms with Gasteiger partial charge < -0.3 is 4.57 Å². The van der Waals surface area contributed by atoms with Gasteiger partial charge in [0.15, 0.2) is 5.16 Å². The SMILES string of the molecule is CCn1c(CCn2nc(C)c(Br)c2C)nnc1SCc1ccc([N+](=O)[O-])cc1. The van der Waals surface area contributed by atoms with E-state index in [2.05, 4.69) is 42.7 Å². The summed E-state index contributed by atoms with van der Waals surface area (Å²) in [5.41, 5.74) is 3.19. The molecule has 0 aliphatic carbocycles. The molecule has 3 aromatic rings. The Labute approximate surface area is 175 Å². The molecule has 0 aliphatic heterocycles. The Morgan fingerprint density at radius 3 is 2.50 bits per heavy atom. The highest BCUT2D eigenvalue weighted by Crippen LogP contribution is 2.24. The molecule has 0 atom stereocenters. The van der Waals surface area contributed by atoms with Crippen LogP contribution in [-0.4, -0.2) is 29.5 Å². The van der Waals surface area contributed by atoms with Gasteiger partial charge in [-0.3, -0.25) is 14.8 Å². The van der Waals surface area contributed by atoms with Crippen molar-refractivity contribution in [2.45, 2.75) is 51.2 Å². The number of halogens is 1. The summed E-state index contributed by atoms with van der Waals surface area (Å²) >= 11 is 5.14. The standard InChI is InChI=1S/C18H21BrN6O2S/c1-4-23-16(9-10-24-13(3)17(19)12(2)22-24)20-21-18(23)28-11-14-5-7-15(8-6-14)25(26)27/h5-8H,4,9-11H2,1-3H3. The first kappa shape index (κ1) is 20.5. The average Bonchev–Trinajstić information content (AvgIpc) is 3.20. The molecule has 0 spiro atoms. The van der Waals surface area contributed by atoms with Gasteiger partial charge in [-0.15, -0.1) is 10.2 Å². The topological polar surface area (TPSA) is 91.7 Å². The zero-order valence-electron chi connectivity index (χ0n) is 15.9. The van der Waals surface area contributed by atoms with E-state index in [4.69, 9.17) is 0 Å². The summed E-state index contributed by atoms with van der Waals surface area (Å²) in [6, 6.07) is 6.61. The van der Waals surface area contributed by atoms with Crippen LogP contribution in [0.15, 0.2) is 33.9 Å². The van der Waals surface area contributed by atoms with Gasteiger partial charge in [0.25, 0.3) is 5.69 Å². The van der Waals surface area contributed by atoms with E-state index in [1.54, 1.807) is 23.9 Å². The van der Waals surface area contributed by atoms with E-state index in [1.165, 1.54) is 12.1 Å². The zero-order valence-corrected chi connectivity index (χ0v) is 18.3. The predicted molar refractivity (Wildman–Crippen MR) is 111 cm³/mol. The molecule has 28 heavy (non-hydrogen) atoms. The number of rotatable bonds is 8. The summed E-state index contributed by atoms with van der Waals surface area (Å²) < 4.78 is 5.14. The lowest BCUT2D eigenvalue weighted by atomic mass is 10.2. The summed E-state index contributed by atoms with van der Waals surface area (Å²) in [5, 5.41) is 24.8. The molecule has 0 radical (unpaired) electrons. The molecule has 10 heteroatoms. The van der Waals surface area contributed by atoms with Gasteiger partial charge >= 0.3 is 0 Å². The number of non-ortho nitro benzene ring substituents is 1. The Morgan fingerprint density at radius 1 is 1.21 bits per heavy atom. The van der Waals surface area contributed by atoms with Gasteiger partial charge in [0, 0.05) is 43.1 Å². The maximum absolute atomic E-state index is 10.8. The minimum absolute atomic E-state index is 0.101. The predicted octanol–water partition coefficient (Wildman–Crippen LogP) is 4.32. The molecule has 0 aliphatic rings. The zero-order chi connectivity index (χ0) is 20.3. The Bertz CT molecular complexity index is 983. The number of aryl methyl sites for hydroxylation is 3. The molecule has 1 aromatic carbocycles. The van der Waals surface area contributed by atoms with Crippen LogP contribution in [0.25, 0.3) is 0 Å². The third kappa shape index (κ3) is 4.44. The van der Waals surface area contributed by atoms with E-state index in [0.717, 1.165) is 51.9 Å². The van der Waals surface area contributed by atoms with E-state index >= 15 is 0 Å². The maximum Gasteiger partial charge on any atom is 0.269 e. The van der Waals surface area contributed by atoms with Crippen molar-refractivity contribution in [2.75, 3.05) is 0 Å². The van der Waals surface area contributed by atoms with Crippen molar-refractivity contribution in [3.05, 3.63) is 61.6 Å². The molecule has 8 nitrogen and oxygen atoms in total. The van der Waals surface area contributed by atoms with Crippen LogP contribution in [0.3, 0.4) is 0 Å². The number of hydrogen-bond donors (Lipinski definition) is 0. The Kier molecular flexibility index (Phi) is 6.50.